The maximum atomic E-state index is 13.3. The third-order valence-electron chi connectivity index (χ3n) is 9.56. The Labute approximate surface area is 152 Å². The Balaban J connectivity index is 1.59. The predicted molar refractivity (Wildman–Crippen MR) is 96.8 cm³/mol. The van der Waals surface area contributed by atoms with Gasteiger partial charge in [-0.05, 0) is 99.2 Å². The number of Topliss-reactive ketones (excluding diaryl/α,β-unsaturated/α-hetero) is 1. The summed E-state index contributed by atoms with van der Waals surface area (Å²) in [5.41, 5.74) is -0.586. The van der Waals surface area contributed by atoms with Crippen LogP contribution in [0.5, 0.6) is 0 Å². The number of halogens is 1. The Kier molecular flexibility index (Phi) is 4.15. The average molecular weight is 351 g/mol. The Morgan fingerprint density at radius 1 is 1.00 bits per heavy atom. The summed E-state index contributed by atoms with van der Waals surface area (Å²) in [5.74, 6) is 3.28. The molecular weight excluding hydrogens is 315 g/mol. The third-order valence-corrected chi connectivity index (χ3v) is 9.56. The van der Waals surface area contributed by atoms with Gasteiger partial charge in [0.2, 0.25) is 0 Å². The number of hydrogen-bond donors (Lipinski definition) is 1. The van der Waals surface area contributed by atoms with Gasteiger partial charge in [0.1, 0.15) is 12.5 Å². The first-order valence-electron chi connectivity index (χ1n) is 10.5. The molecule has 2 nitrogen and oxygen atoms in total. The monoisotopic (exact) mass is 350 g/mol. The number of rotatable bonds is 2. The Bertz CT molecular complexity index is 562. The summed E-state index contributed by atoms with van der Waals surface area (Å²) in [6, 6.07) is 0. The van der Waals surface area contributed by atoms with Crippen molar-refractivity contribution >= 4 is 5.78 Å². The fourth-order valence-corrected chi connectivity index (χ4v) is 8.11. The molecule has 0 aromatic rings. The van der Waals surface area contributed by atoms with Crippen molar-refractivity contribution in [2.24, 2.45) is 40.4 Å². The summed E-state index contributed by atoms with van der Waals surface area (Å²) < 4.78 is 13.3. The summed E-state index contributed by atoms with van der Waals surface area (Å²) >= 11 is 0. The van der Waals surface area contributed by atoms with E-state index in [2.05, 4.69) is 13.8 Å². The van der Waals surface area contributed by atoms with Crippen LogP contribution in [0.1, 0.15) is 78.6 Å². The topological polar surface area (TPSA) is 37.3 Å². The lowest BCUT2D eigenvalue weighted by atomic mass is 9.44. The molecule has 0 radical (unpaired) electrons. The van der Waals surface area contributed by atoms with Crippen LogP contribution in [0.2, 0.25) is 0 Å². The standard InChI is InChI=1S/C22H35FO2/c1-14(24)17-6-7-18-16-5-4-15-12-22(25,13-23)11-10-20(15,2)19(16)8-9-21(17,18)3/h15-19,25H,4-13H2,1-3H3/t15-,16-,17+,18-,19-,20-,21+,22+/m0/s1. The van der Waals surface area contributed by atoms with Gasteiger partial charge >= 0.3 is 0 Å². The molecule has 4 saturated carbocycles. The first-order chi connectivity index (χ1) is 11.7. The first-order valence-corrected chi connectivity index (χ1v) is 10.5. The molecule has 0 unspecified atom stereocenters. The van der Waals surface area contributed by atoms with Gasteiger partial charge in [-0.3, -0.25) is 4.79 Å². The molecule has 4 fully saturated rings. The number of carbonyl (C=O) groups is 1. The molecule has 0 amide bonds. The highest BCUT2D eigenvalue weighted by Gasteiger charge is 2.61. The van der Waals surface area contributed by atoms with Crippen molar-refractivity contribution in [2.75, 3.05) is 6.67 Å². The van der Waals surface area contributed by atoms with Crippen LogP contribution >= 0.6 is 0 Å². The molecule has 25 heavy (non-hydrogen) atoms. The van der Waals surface area contributed by atoms with Crippen molar-refractivity contribution < 1.29 is 14.3 Å². The van der Waals surface area contributed by atoms with Crippen molar-refractivity contribution in [3.05, 3.63) is 0 Å². The van der Waals surface area contributed by atoms with Gasteiger partial charge in [-0.1, -0.05) is 13.8 Å². The van der Waals surface area contributed by atoms with Crippen LogP contribution in [0, 0.1) is 40.4 Å². The molecule has 1 N–H and O–H groups in total. The molecule has 142 valence electrons. The molecule has 4 rings (SSSR count). The van der Waals surface area contributed by atoms with E-state index in [1.165, 1.54) is 25.7 Å². The zero-order chi connectivity index (χ0) is 18.0. The SMILES string of the molecule is CC(=O)[C@H]1CC[C@H]2[C@@H]3CC[C@H]4C[C@@](O)(CF)CC[C@]4(C)[C@H]3CC[C@]12C. The number of carbonyl (C=O) groups excluding carboxylic acids is 1. The highest BCUT2D eigenvalue weighted by molar-refractivity contribution is 5.79. The quantitative estimate of drug-likeness (QED) is 0.766. The highest BCUT2D eigenvalue weighted by atomic mass is 19.1. The van der Waals surface area contributed by atoms with Crippen LogP contribution in [0.25, 0.3) is 0 Å². The number of hydrogen-bond acceptors (Lipinski definition) is 2. The van der Waals surface area contributed by atoms with Gasteiger partial charge in [-0.2, -0.15) is 0 Å². The molecule has 0 saturated heterocycles. The summed E-state index contributed by atoms with van der Waals surface area (Å²) in [7, 11) is 0. The van der Waals surface area contributed by atoms with Crippen molar-refractivity contribution in [3.8, 4) is 0 Å². The second-order valence-electron chi connectivity index (χ2n) is 10.5. The Morgan fingerprint density at radius 3 is 2.40 bits per heavy atom. The minimum atomic E-state index is -1.06. The van der Waals surface area contributed by atoms with E-state index in [4.69, 9.17) is 0 Å². The van der Waals surface area contributed by atoms with E-state index < -0.39 is 12.3 Å². The number of aliphatic hydroxyl groups is 1. The molecule has 0 aliphatic heterocycles. The second-order valence-corrected chi connectivity index (χ2v) is 10.5. The van der Waals surface area contributed by atoms with Crippen molar-refractivity contribution in [1.29, 1.82) is 0 Å². The van der Waals surface area contributed by atoms with Crippen LogP contribution in [0.3, 0.4) is 0 Å². The van der Waals surface area contributed by atoms with Gasteiger partial charge in [0.15, 0.2) is 0 Å². The van der Waals surface area contributed by atoms with Gasteiger partial charge in [-0.25, -0.2) is 4.39 Å². The average Bonchev–Trinajstić information content (AvgIpc) is 2.93. The molecule has 0 bridgehead atoms. The lowest BCUT2D eigenvalue weighted by Gasteiger charge is -2.61. The lowest BCUT2D eigenvalue weighted by Crippen LogP contribution is -2.56. The molecule has 8 atom stereocenters. The molecule has 0 aromatic carbocycles. The van der Waals surface area contributed by atoms with E-state index >= 15 is 0 Å². The summed E-state index contributed by atoms with van der Waals surface area (Å²) in [4.78, 5) is 12.2. The van der Waals surface area contributed by atoms with Gasteiger partial charge in [0, 0.05) is 5.92 Å². The van der Waals surface area contributed by atoms with Crippen molar-refractivity contribution in [2.45, 2.75) is 84.2 Å². The van der Waals surface area contributed by atoms with Crippen LogP contribution in [0.15, 0.2) is 0 Å². The molecule has 4 aliphatic carbocycles. The number of alkyl halides is 1. The summed E-state index contributed by atoms with van der Waals surface area (Å²) in [6.45, 7) is 6.03. The zero-order valence-corrected chi connectivity index (χ0v) is 16.2. The van der Waals surface area contributed by atoms with E-state index in [9.17, 15) is 14.3 Å². The van der Waals surface area contributed by atoms with Crippen molar-refractivity contribution in [3.63, 3.8) is 0 Å². The van der Waals surface area contributed by atoms with Gasteiger partial charge in [0.05, 0.1) is 5.60 Å². The fraction of sp³-hybridized carbons (Fsp3) is 0.955. The maximum Gasteiger partial charge on any atom is 0.133 e. The van der Waals surface area contributed by atoms with Crippen LogP contribution < -0.4 is 0 Å². The summed E-state index contributed by atoms with van der Waals surface area (Å²) in [6.07, 6.45) is 9.31. The zero-order valence-electron chi connectivity index (χ0n) is 16.2. The van der Waals surface area contributed by atoms with E-state index in [1.807, 2.05) is 0 Å². The maximum absolute atomic E-state index is 13.3. The normalized spacial score (nSPS) is 55.2. The van der Waals surface area contributed by atoms with E-state index in [-0.39, 0.29) is 16.7 Å². The smallest absolute Gasteiger partial charge is 0.133 e. The van der Waals surface area contributed by atoms with E-state index in [1.54, 1.807) is 6.92 Å². The number of ketones is 1. The lowest BCUT2D eigenvalue weighted by molar-refractivity contribution is -0.156. The molecule has 3 heteroatoms. The summed E-state index contributed by atoms with van der Waals surface area (Å²) in [5, 5.41) is 10.5. The molecule has 0 aromatic heterocycles. The van der Waals surface area contributed by atoms with Gasteiger partial charge in [-0.15, -0.1) is 0 Å². The van der Waals surface area contributed by atoms with Crippen LogP contribution in [0.4, 0.5) is 4.39 Å². The van der Waals surface area contributed by atoms with E-state index in [0.29, 0.717) is 36.4 Å². The fourth-order valence-electron chi connectivity index (χ4n) is 8.11. The molecule has 4 aliphatic rings. The van der Waals surface area contributed by atoms with Crippen molar-refractivity contribution in [1.82, 2.24) is 0 Å². The largest absolute Gasteiger partial charge is 0.387 e. The molecule has 0 spiro atoms. The minimum Gasteiger partial charge on any atom is -0.387 e. The third kappa shape index (κ3) is 2.47. The molecule has 0 heterocycles. The molecular formula is C22H35FO2. The Morgan fingerprint density at radius 2 is 1.72 bits per heavy atom. The second kappa shape index (κ2) is 5.78. The van der Waals surface area contributed by atoms with Crippen LogP contribution in [-0.4, -0.2) is 23.2 Å². The number of fused-ring (bicyclic) bond motifs is 5. The van der Waals surface area contributed by atoms with Gasteiger partial charge < -0.3 is 5.11 Å². The van der Waals surface area contributed by atoms with Gasteiger partial charge in [0.25, 0.3) is 0 Å². The first kappa shape index (κ1) is 17.9. The van der Waals surface area contributed by atoms with Crippen LogP contribution in [-0.2, 0) is 4.79 Å². The van der Waals surface area contributed by atoms with E-state index in [0.717, 1.165) is 25.2 Å². The Hall–Kier alpha value is -0.440. The highest BCUT2D eigenvalue weighted by Crippen LogP contribution is 2.68. The predicted octanol–water partition coefficient (Wildman–Crippen LogP) is 4.93. The minimum absolute atomic E-state index is 0.213.